The van der Waals surface area contributed by atoms with Crippen molar-refractivity contribution in [3.63, 3.8) is 0 Å². The smallest absolute Gasteiger partial charge is 0.315 e. The highest BCUT2D eigenvalue weighted by Crippen LogP contribution is 2.11. The van der Waals surface area contributed by atoms with Crippen molar-refractivity contribution in [2.45, 2.75) is 64.1 Å². The topological polar surface area (TPSA) is 122 Å². The zero-order chi connectivity index (χ0) is 23.9. The molecule has 0 aliphatic carbocycles. The van der Waals surface area contributed by atoms with Crippen LogP contribution in [0.1, 0.15) is 46.0 Å². The molecule has 5 N–H and O–H groups in total. The number of quaternary nitrogens is 1. The first-order valence-electron chi connectivity index (χ1n) is 12.3. The average Bonchev–Trinajstić information content (AvgIpc) is 3.28. The molecule has 33 heavy (non-hydrogen) atoms. The number of amides is 3. The fourth-order valence-electron chi connectivity index (χ4n) is 4.06. The molecular weight excluding hydrogens is 428 g/mol. The molecule has 2 aliphatic rings. The largest absolute Gasteiger partial charge is 0.377 e. The Balaban J connectivity index is 1.28. The molecule has 192 valence electrons. The molecule has 0 radical (unpaired) electrons. The van der Waals surface area contributed by atoms with Crippen LogP contribution in [0.4, 0.5) is 4.79 Å². The summed E-state index contributed by atoms with van der Waals surface area (Å²) in [7, 11) is 2.15. The fraction of sp³-hybridized carbons (Fsp3) is 0.909. The highest BCUT2D eigenvalue weighted by atomic mass is 16.5. The van der Waals surface area contributed by atoms with Gasteiger partial charge in [-0.05, 0) is 26.7 Å². The maximum atomic E-state index is 11.9. The lowest BCUT2D eigenvalue weighted by molar-refractivity contribution is -0.943. The number of ether oxygens (including phenoxy) is 3. The Labute approximate surface area is 198 Å². The molecule has 2 heterocycles. The van der Waals surface area contributed by atoms with Gasteiger partial charge in [0.05, 0.1) is 58.8 Å². The Bertz CT molecular complexity index is 583. The van der Waals surface area contributed by atoms with Crippen molar-refractivity contribution in [2.75, 3.05) is 66.3 Å². The summed E-state index contributed by atoms with van der Waals surface area (Å²) in [5.41, 5.74) is 6.50. The van der Waals surface area contributed by atoms with Crippen molar-refractivity contribution >= 4 is 11.9 Å². The summed E-state index contributed by atoms with van der Waals surface area (Å²) in [5, 5.41) is 8.64. The predicted octanol–water partition coefficient (Wildman–Crippen LogP) is 0.0307. The maximum Gasteiger partial charge on any atom is 0.315 e. The minimum atomic E-state index is -0.0841. The zero-order valence-electron chi connectivity index (χ0n) is 20.6. The molecular formula is C22H45N6O5+. The van der Waals surface area contributed by atoms with Crippen molar-refractivity contribution < 1.29 is 28.4 Å². The van der Waals surface area contributed by atoms with Crippen LogP contribution in [0, 0.1) is 0 Å². The molecule has 4 atom stereocenters. The second kappa shape index (κ2) is 15.4. The van der Waals surface area contributed by atoms with Gasteiger partial charge in [0.1, 0.15) is 13.1 Å². The van der Waals surface area contributed by atoms with E-state index in [1.807, 2.05) is 6.92 Å². The van der Waals surface area contributed by atoms with Gasteiger partial charge in [-0.1, -0.05) is 18.4 Å². The zero-order valence-corrected chi connectivity index (χ0v) is 20.6. The lowest BCUT2D eigenvalue weighted by atomic mass is 10.0. The highest BCUT2D eigenvalue weighted by molar-refractivity contribution is 5.77. The Hall–Kier alpha value is -1.50. The van der Waals surface area contributed by atoms with E-state index in [-0.39, 0.29) is 24.0 Å². The van der Waals surface area contributed by atoms with Gasteiger partial charge in [-0.15, -0.1) is 0 Å². The molecule has 11 nitrogen and oxygen atoms in total. The Morgan fingerprint density at radius 1 is 1.00 bits per heavy atom. The molecule has 0 spiro atoms. The monoisotopic (exact) mass is 473 g/mol. The van der Waals surface area contributed by atoms with Crippen molar-refractivity contribution in [1.29, 1.82) is 0 Å². The summed E-state index contributed by atoms with van der Waals surface area (Å²) in [6.07, 6.45) is 4.31. The van der Waals surface area contributed by atoms with E-state index >= 15 is 0 Å². The van der Waals surface area contributed by atoms with Crippen LogP contribution in [-0.4, -0.2) is 101 Å². The van der Waals surface area contributed by atoms with Crippen molar-refractivity contribution in [2.24, 2.45) is 0 Å². The molecule has 11 heteroatoms. The van der Waals surface area contributed by atoms with Crippen molar-refractivity contribution in [3.8, 4) is 0 Å². The van der Waals surface area contributed by atoms with Gasteiger partial charge < -0.3 is 30.2 Å². The first-order valence-corrected chi connectivity index (χ1v) is 12.3. The van der Waals surface area contributed by atoms with Gasteiger partial charge in [0.15, 0.2) is 0 Å². The Kier molecular flexibility index (Phi) is 13.0. The van der Waals surface area contributed by atoms with E-state index in [0.29, 0.717) is 58.6 Å². The lowest BCUT2D eigenvalue weighted by Gasteiger charge is -2.26. The van der Waals surface area contributed by atoms with Gasteiger partial charge in [-0.25, -0.2) is 14.8 Å². The fourth-order valence-corrected chi connectivity index (χ4v) is 4.06. The number of hydrogen-bond donors (Lipinski definition) is 5. The number of carbonyl (C=O) groups is 2. The van der Waals surface area contributed by atoms with Crippen LogP contribution in [-0.2, 0) is 19.0 Å². The number of rotatable bonds is 18. The third kappa shape index (κ3) is 12.0. The van der Waals surface area contributed by atoms with Crippen molar-refractivity contribution in [1.82, 2.24) is 26.9 Å². The second-order valence-corrected chi connectivity index (χ2v) is 9.26. The summed E-state index contributed by atoms with van der Waals surface area (Å²) in [4.78, 5) is 23.1. The molecule has 2 fully saturated rings. The SMILES string of the molecule is CC1C[N+](C)(CCOCCOCCOCCNC(=O)CCCCCC2NC(=O)NC2C)NN1. The summed E-state index contributed by atoms with van der Waals surface area (Å²) in [6, 6.07) is 0.759. The number of hydrogen-bond acceptors (Lipinski definition) is 7. The first kappa shape index (κ1) is 27.7. The Morgan fingerprint density at radius 3 is 2.33 bits per heavy atom. The van der Waals surface area contributed by atoms with E-state index in [1.54, 1.807) is 0 Å². The van der Waals surface area contributed by atoms with E-state index in [0.717, 1.165) is 43.4 Å². The minimum absolute atomic E-state index is 0.0572. The summed E-state index contributed by atoms with van der Waals surface area (Å²) in [6.45, 7) is 9.93. The molecule has 4 unspecified atom stereocenters. The summed E-state index contributed by atoms with van der Waals surface area (Å²) >= 11 is 0. The number of hydrazine groups is 1. The normalized spacial score (nSPS) is 26.9. The number of urea groups is 1. The van der Waals surface area contributed by atoms with Gasteiger partial charge in [0.25, 0.3) is 0 Å². The standard InChI is InChI=1S/C22H44N6O5/c1-18-17-28(3,27-26-18)10-12-32-14-16-33-15-13-31-11-9-23-21(29)8-6-4-5-7-20-19(2)24-22(30)25-20/h18-20,26-27H,4-17H2,1-3H3,(H2-,23,24,25,29,30)/p+1. The molecule has 2 aliphatic heterocycles. The summed E-state index contributed by atoms with van der Waals surface area (Å²) in [5.74, 6) is 0.0572. The molecule has 0 aromatic rings. The molecule has 0 aromatic carbocycles. The average molecular weight is 474 g/mol. The van der Waals surface area contributed by atoms with E-state index in [4.69, 9.17) is 14.2 Å². The third-order valence-electron chi connectivity index (χ3n) is 6.00. The molecule has 3 amide bonds. The van der Waals surface area contributed by atoms with Crippen LogP contribution >= 0.6 is 0 Å². The highest BCUT2D eigenvalue weighted by Gasteiger charge is 2.31. The van der Waals surface area contributed by atoms with Gasteiger partial charge in [-0.2, -0.15) is 0 Å². The first-order chi connectivity index (χ1) is 15.9. The quantitative estimate of drug-likeness (QED) is 0.141. The van der Waals surface area contributed by atoms with Crippen LogP contribution in [0.25, 0.3) is 0 Å². The second-order valence-electron chi connectivity index (χ2n) is 9.26. The van der Waals surface area contributed by atoms with Crippen LogP contribution < -0.4 is 26.9 Å². The van der Waals surface area contributed by atoms with Gasteiger partial charge in [0, 0.05) is 19.0 Å². The molecule has 2 rings (SSSR count). The van der Waals surface area contributed by atoms with Gasteiger partial charge >= 0.3 is 6.03 Å². The maximum absolute atomic E-state index is 11.9. The lowest BCUT2D eigenvalue weighted by Crippen LogP contribution is -2.54. The Morgan fingerprint density at radius 2 is 1.70 bits per heavy atom. The van der Waals surface area contributed by atoms with Crippen LogP contribution in [0.3, 0.4) is 0 Å². The van der Waals surface area contributed by atoms with Crippen LogP contribution in [0.5, 0.6) is 0 Å². The minimum Gasteiger partial charge on any atom is -0.377 e. The number of carbonyl (C=O) groups excluding carboxylic acids is 2. The van der Waals surface area contributed by atoms with E-state index in [9.17, 15) is 9.59 Å². The number of unbranched alkanes of at least 4 members (excludes halogenated alkanes) is 2. The number of likely N-dealkylation sites (N-methyl/N-ethyl adjacent to an activating group) is 1. The van der Waals surface area contributed by atoms with Crippen molar-refractivity contribution in [3.05, 3.63) is 0 Å². The predicted molar refractivity (Wildman–Crippen MR) is 125 cm³/mol. The molecule has 0 aromatic heterocycles. The van der Waals surface area contributed by atoms with E-state index in [2.05, 4.69) is 40.9 Å². The van der Waals surface area contributed by atoms with Crippen LogP contribution in [0.2, 0.25) is 0 Å². The van der Waals surface area contributed by atoms with Gasteiger partial charge in [0.2, 0.25) is 5.91 Å². The van der Waals surface area contributed by atoms with E-state index < -0.39 is 0 Å². The van der Waals surface area contributed by atoms with E-state index in [1.165, 1.54) is 0 Å². The molecule has 0 saturated carbocycles. The summed E-state index contributed by atoms with van der Waals surface area (Å²) < 4.78 is 17.4. The van der Waals surface area contributed by atoms with Crippen LogP contribution in [0.15, 0.2) is 0 Å². The number of nitrogens with zero attached hydrogens (tertiary/aromatic N) is 1. The number of nitrogens with one attached hydrogen (secondary N) is 5. The molecule has 2 saturated heterocycles. The van der Waals surface area contributed by atoms with Gasteiger partial charge in [-0.3, -0.25) is 4.79 Å². The third-order valence-corrected chi connectivity index (χ3v) is 6.00. The molecule has 0 bridgehead atoms.